The number of carbonyl (C=O) groups is 1. The van der Waals surface area contributed by atoms with Crippen LogP contribution < -0.4 is 10.6 Å². The van der Waals surface area contributed by atoms with Crippen LogP contribution in [-0.4, -0.2) is 69.8 Å². The van der Waals surface area contributed by atoms with E-state index in [-0.39, 0.29) is 58.9 Å². The normalized spacial score (nSPS) is 15.6. The monoisotopic (exact) mass is 623 g/mol. The summed E-state index contributed by atoms with van der Waals surface area (Å²) < 4.78 is 58.1. The molecule has 1 N–H and O–H groups in total. The number of hydrogen-bond acceptors (Lipinski definition) is 8. The van der Waals surface area contributed by atoms with Crippen LogP contribution in [0.4, 0.5) is 14.6 Å². The van der Waals surface area contributed by atoms with Crippen molar-refractivity contribution >= 4 is 32.6 Å². The minimum absolute atomic E-state index is 0.0184. The molecule has 1 atom stereocenters. The number of benzene rings is 2. The molecule has 5 rings (SSSR count). The quantitative estimate of drug-likeness (QED) is 0.308. The van der Waals surface area contributed by atoms with Gasteiger partial charge in [0.15, 0.2) is 15.7 Å². The molecule has 0 radical (unpaired) electrons. The van der Waals surface area contributed by atoms with Crippen LogP contribution in [-0.2, 0) is 21.2 Å². The standard InChI is InChI=1S/C31H31F2N5O5S/c1-5-26(40)36-13-14-37(19(4)16-36)30-21-15-23(33)28(27-22(32)10-8-11-24(27)39)34-29(21)38(31(41)35-30)17-20-9-6-7-12-25(20)44(42,43)18(2)3/h5-12,15,18-19,39H,1,13-14,16-17H2,2-4H3/t19-/m0/s1. The second-order valence-corrected chi connectivity index (χ2v) is 13.3. The lowest BCUT2D eigenvalue weighted by atomic mass is 10.1. The number of halogens is 2. The zero-order chi connectivity index (χ0) is 31.9. The summed E-state index contributed by atoms with van der Waals surface area (Å²) in [6.45, 7) is 9.00. The highest BCUT2D eigenvalue weighted by Gasteiger charge is 2.31. The van der Waals surface area contributed by atoms with E-state index in [0.717, 1.165) is 16.7 Å². The van der Waals surface area contributed by atoms with E-state index in [1.807, 2.05) is 6.92 Å². The number of anilines is 1. The number of rotatable bonds is 7. The summed E-state index contributed by atoms with van der Waals surface area (Å²) in [5.74, 6) is -2.59. The highest BCUT2D eigenvalue weighted by Crippen LogP contribution is 2.36. The number of amides is 1. The number of sulfone groups is 1. The highest BCUT2D eigenvalue weighted by molar-refractivity contribution is 7.92. The average Bonchev–Trinajstić information content (AvgIpc) is 2.98. The summed E-state index contributed by atoms with van der Waals surface area (Å²) in [6, 6.07) is 10.4. The van der Waals surface area contributed by atoms with E-state index >= 15 is 4.39 Å². The van der Waals surface area contributed by atoms with Crippen LogP contribution in [0.2, 0.25) is 0 Å². The Balaban J connectivity index is 1.75. The summed E-state index contributed by atoms with van der Waals surface area (Å²) in [4.78, 5) is 38.0. The van der Waals surface area contributed by atoms with Gasteiger partial charge in [-0.25, -0.2) is 27.0 Å². The molecular weight excluding hydrogens is 592 g/mol. The van der Waals surface area contributed by atoms with E-state index in [9.17, 15) is 27.5 Å². The van der Waals surface area contributed by atoms with Crippen LogP contribution in [0.15, 0.2) is 70.9 Å². The maximum atomic E-state index is 15.8. The Labute approximate surface area is 252 Å². The summed E-state index contributed by atoms with van der Waals surface area (Å²) in [5, 5.41) is 9.79. The van der Waals surface area contributed by atoms with E-state index in [2.05, 4.69) is 16.5 Å². The molecule has 4 aromatic rings. The molecule has 2 aromatic heterocycles. The molecule has 1 aliphatic rings. The number of aromatic nitrogens is 3. The summed E-state index contributed by atoms with van der Waals surface area (Å²) in [6.07, 6.45) is 1.22. The SMILES string of the molecule is C=CC(=O)N1CCN(c2nc(=O)n(Cc3ccccc3S(=O)(=O)C(C)C)c3nc(-c4c(O)cccc4F)c(F)cc23)[C@@H](C)C1. The van der Waals surface area contributed by atoms with E-state index in [1.54, 1.807) is 41.8 Å². The maximum absolute atomic E-state index is 15.8. The van der Waals surface area contributed by atoms with Crippen LogP contribution >= 0.6 is 0 Å². The van der Waals surface area contributed by atoms with E-state index in [0.29, 0.717) is 6.54 Å². The summed E-state index contributed by atoms with van der Waals surface area (Å²) in [7, 11) is -3.76. The summed E-state index contributed by atoms with van der Waals surface area (Å²) in [5.41, 5.74) is -1.63. The fraction of sp³-hybridized carbons (Fsp3) is 0.290. The largest absolute Gasteiger partial charge is 0.507 e. The number of hydrogen-bond donors (Lipinski definition) is 1. The number of pyridine rings is 1. The second kappa shape index (κ2) is 11.8. The smallest absolute Gasteiger partial charge is 0.351 e. The Kier molecular flexibility index (Phi) is 8.25. The lowest BCUT2D eigenvalue weighted by Crippen LogP contribution is -2.54. The van der Waals surface area contributed by atoms with Crippen molar-refractivity contribution in [2.75, 3.05) is 24.5 Å². The molecule has 0 unspecified atom stereocenters. The number of phenols is 1. The zero-order valence-electron chi connectivity index (χ0n) is 24.4. The molecule has 0 aliphatic carbocycles. The third-order valence-corrected chi connectivity index (χ3v) is 9.98. The van der Waals surface area contributed by atoms with Crippen molar-refractivity contribution in [3.05, 3.63) is 88.9 Å². The van der Waals surface area contributed by atoms with Crippen molar-refractivity contribution < 1.29 is 27.1 Å². The van der Waals surface area contributed by atoms with Crippen LogP contribution in [0.25, 0.3) is 22.3 Å². The Morgan fingerprint density at radius 1 is 1.11 bits per heavy atom. The first kappa shape index (κ1) is 30.8. The highest BCUT2D eigenvalue weighted by atomic mass is 32.2. The van der Waals surface area contributed by atoms with Gasteiger partial charge in [-0.15, -0.1) is 0 Å². The minimum Gasteiger partial charge on any atom is -0.507 e. The van der Waals surface area contributed by atoms with Crippen molar-refractivity contribution in [2.45, 2.75) is 43.5 Å². The van der Waals surface area contributed by atoms with Crippen molar-refractivity contribution in [3.8, 4) is 17.0 Å². The maximum Gasteiger partial charge on any atom is 0.351 e. The molecule has 0 bridgehead atoms. The van der Waals surface area contributed by atoms with Crippen molar-refractivity contribution in [2.24, 2.45) is 0 Å². The van der Waals surface area contributed by atoms with Gasteiger partial charge in [0, 0.05) is 25.7 Å². The molecule has 2 aromatic carbocycles. The van der Waals surface area contributed by atoms with Crippen molar-refractivity contribution in [3.63, 3.8) is 0 Å². The van der Waals surface area contributed by atoms with E-state index < -0.39 is 49.4 Å². The predicted octanol–water partition coefficient (Wildman–Crippen LogP) is 3.90. The first-order valence-corrected chi connectivity index (χ1v) is 15.5. The van der Waals surface area contributed by atoms with Crippen LogP contribution in [0.3, 0.4) is 0 Å². The molecule has 0 spiro atoms. The van der Waals surface area contributed by atoms with Crippen LogP contribution in [0.5, 0.6) is 5.75 Å². The van der Waals surface area contributed by atoms with Gasteiger partial charge in [0.2, 0.25) is 5.91 Å². The zero-order valence-corrected chi connectivity index (χ0v) is 25.2. The Morgan fingerprint density at radius 3 is 2.50 bits per heavy atom. The fourth-order valence-corrected chi connectivity index (χ4v) is 6.65. The molecule has 10 nitrogen and oxygen atoms in total. The number of piperazine rings is 1. The number of aromatic hydroxyl groups is 1. The number of nitrogens with zero attached hydrogens (tertiary/aromatic N) is 5. The van der Waals surface area contributed by atoms with Crippen LogP contribution in [0.1, 0.15) is 26.3 Å². The molecule has 1 aliphatic heterocycles. The molecule has 1 fully saturated rings. The Hall–Kier alpha value is -4.65. The first-order valence-electron chi connectivity index (χ1n) is 13.9. The lowest BCUT2D eigenvalue weighted by Gasteiger charge is -2.40. The molecule has 230 valence electrons. The second-order valence-electron chi connectivity index (χ2n) is 10.9. The van der Waals surface area contributed by atoms with Gasteiger partial charge in [-0.3, -0.25) is 9.36 Å². The third-order valence-electron chi connectivity index (χ3n) is 7.73. The van der Waals surface area contributed by atoms with Crippen molar-refractivity contribution in [1.82, 2.24) is 19.4 Å². The van der Waals surface area contributed by atoms with Gasteiger partial charge < -0.3 is 14.9 Å². The van der Waals surface area contributed by atoms with Gasteiger partial charge >= 0.3 is 5.69 Å². The predicted molar refractivity (Wildman–Crippen MR) is 162 cm³/mol. The van der Waals surface area contributed by atoms with E-state index in [1.165, 1.54) is 24.3 Å². The first-order chi connectivity index (χ1) is 20.8. The molecule has 44 heavy (non-hydrogen) atoms. The van der Waals surface area contributed by atoms with Gasteiger partial charge in [0.05, 0.1) is 27.6 Å². The van der Waals surface area contributed by atoms with Gasteiger partial charge in [-0.1, -0.05) is 30.8 Å². The van der Waals surface area contributed by atoms with Crippen LogP contribution in [0, 0.1) is 11.6 Å². The van der Waals surface area contributed by atoms with Gasteiger partial charge in [-0.05, 0) is 56.7 Å². The number of fused-ring (bicyclic) bond motifs is 1. The Morgan fingerprint density at radius 2 is 1.84 bits per heavy atom. The fourth-order valence-electron chi connectivity index (χ4n) is 5.37. The van der Waals surface area contributed by atoms with Gasteiger partial charge in [0.1, 0.15) is 28.7 Å². The average molecular weight is 624 g/mol. The van der Waals surface area contributed by atoms with E-state index in [4.69, 9.17) is 0 Å². The molecule has 13 heteroatoms. The summed E-state index contributed by atoms with van der Waals surface area (Å²) >= 11 is 0. The molecular formula is C31H31F2N5O5S. The van der Waals surface area contributed by atoms with Gasteiger partial charge in [-0.2, -0.15) is 4.98 Å². The third kappa shape index (κ3) is 5.43. The van der Waals surface area contributed by atoms with Gasteiger partial charge in [0.25, 0.3) is 0 Å². The number of phenolic OH excluding ortho intramolecular Hbond substituents is 1. The molecule has 1 amide bonds. The lowest BCUT2D eigenvalue weighted by molar-refractivity contribution is -0.126. The molecule has 1 saturated heterocycles. The minimum atomic E-state index is -3.76. The Bertz CT molecular complexity index is 1940. The topological polar surface area (TPSA) is 126 Å². The molecule has 3 heterocycles. The number of carbonyl (C=O) groups excluding carboxylic acids is 1. The molecule has 0 saturated carbocycles. The van der Waals surface area contributed by atoms with Crippen molar-refractivity contribution in [1.29, 1.82) is 0 Å².